The Morgan fingerprint density at radius 2 is 1.77 bits per heavy atom. The van der Waals surface area contributed by atoms with Gasteiger partial charge in [0.05, 0.1) is 19.9 Å². The van der Waals surface area contributed by atoms with Crippen LogP contribution in [0.15, 0.2) is 42.5 Å². The molecule has 7 heteroatoms. The first-order valence-electron chi connectivity index (χ1n) is 6.60. The number of tetrazole rings is 1. The summed E-state index contributed by atoms with van der Waals surface area (Å²) in [5.41, 5.74) is 8.01. The Bertz CT molecular complexity index is 800. The van der Waals surface area contributed by atoms with Crippen molar-refractivity contribution >= 4 is 5.69 Å². The molecular formula is C15H15N5O2. The zero-order valence-corrected chi connectivity index (χ0v) is 12.2. The van der Waals surface area contributed by atoms with Crippen LogP contribution in [0.5, 0.6) is 11.5 Å². The predicted molar refractivity (Wildman–Crippen MR) is 82.1 cm³/mol. The standard InChI is InChI=1S/C15H15N5O2/c1-21-13-8-7-10(9-11(13)16)15-17-18-19-20(15)12-5-3-4-6-14(12)22-2/h3-9H,16H2,1-2H3. The first-order valence-corrected chi connectivity index (χ1v) is 6.60. The second kappa shape index (κ2) is 5.72. The first-order chi connectivity index (χ1) is 10.7. The van der Waals surface area contributed by atoms with E-state index in [0.717, 1.165) is 11.3 Å². The average molecular weight is 297 g/mol. The molecule has 0 radical (unpaired) electrons. The molecule has 1 heterocycles. The molecule has 2 aromatic carbocycles. The summed E-state index contributed by atoms with van der Waals surface area (Å²) < 4.78 is 12.1. The molecule has 0 bridgehead atoms. The lowest BCUT2D eigenvalue weighted by Gasteiger charge is -2.10. The molecule has 22 heavy (non-hydrogen) atoms. The normalized spacial score (nSPS) is 10.5. The van der Waals surface area contributed by atoms with E-state index in [1.54, 1.807) is 31.0 Å². The molecule has 3 aromatic rings. The van der Waals surface area contributed by atoms with Gasteiger partial charge >= 0.3 is 0 Å². The maximum Gasteiger partial charge on any atom is 0.187 e. The van der Waals surface area contributed by atoms with Crippen molar-refractivity contribution in [2.24, 2.45) is 0 Å². The van der Waals surface area contributed by atoms with Crippen LogP contribution in [0.3, 0.4) is 0 Å². The first kappa shape index (κ1) is 13.9. The zero-order chi connectivity index (χ0) is 15.5. The molecule has 7 nitrogen and oxygen atoms in total. The maximum absolute atomic E-state index is 5.96. The monoisotopic (exact) mass is 297 g/mol. The summed E-state index contributed by atoms with van der Waals surface area (Å²) in [6.45, 7) is 0. The third-order valence-electron chi connectivity index (χ3n) is 3.27. The SMILES string of the molecule is COc1ccc(-c2nnnn2-c2ccccc2OC)cc1N. The second-order valence-corrected chi connectivity index (χ2v) is 4.54. The van der Waals surface area contributed by atoms with Gasteiger partial charge < -0.3 is 15.2 Å². The molecular weight excluding hydrogens is 282 g/mol. The Balaban J connectivity index is 2.11. The summed E-state index contributed by atoms with van der Waals surface area (Å²) in [5, 5.41) is 11.9. The summed E-state index contributed by atoms with van der Waals surface area (Å²) in [6.07, 6.45) is 0. The number of benzene rings is 2. The number of hydrogen-bond acceptors (Lipinski definition) is 6. The fraction of sp³-hybridized carbons (Fsp3) is 0.133. The molecule has 2 N–H and O–H groups in total. The van der Waals surface area contributed by atoms with E-state index in [2.05, 4.69) is 15.5 Å². The predicted octanol–water partition coefficient (Wildman–Crippen LogP) is 1.93. The van der Waals surface area contributed by atoms with E-state index in [1.165, 1.54) is 0 Å². The Morgan fingerprint density at radius 1 is 1.00 bits per heavy atom. The van der Waals surface area contributed by atoms with Gasteiger partial charge in [0, 0.05) is 5.56 Å². The van der Waals surface area contributed by atoms with Gasteiger partial charge in [-0.3, -0.25) is 0 Å². The van der Waals surface area contributed by atoms with Gasteiger partial charge in [0.1, 0.15) is 17.2 Å². The van der Waals surface area contributed by atoms with Crippen molar-refractivity contribution < 1.29 is 9.47 Å². The van der Waals surface area contributed by atoms with E-state index in [-0.39, 0.29) is 0 Å². The molecule has 1 aromatic heterocycles. The summed E-state index contributed by atoms with van der Waals surface area (Å²) in [4.78, 5) is 0. The van der Waals surface area contributed by atoms with Crippen LogP contribution in [-0.2, 0) is 0 Å². The van der Waals surface area contributed by atoms with E-state index in [4.69, 9.17) is 15.2 Å². The van der Waals surface area contributed by atoms with Gasteiger partial charge in [-0.25, -0.2) is 0 Å². The average Bonchev–Trinajstić information content (AvgIpc) is 3.04. The van der Waals surface area contributed by atoms with E-state index < -0.39 is 0 Å². The molecule has 0 unspecified atom stereocenters. The van der Waals surface area contributed by atoms with Crippen LogP contribution in [0.2, 0.25) is 0 Å². The number of aromatic nitrogens is 4. The van der Waals surface area contributed by atoms with Crippen LogP contribution in [-0.4, -0.2) is 34.4 Å². The molecule has 0 saturated carbocycles. The smallest absolute Gasteiger partial charge is 0.187 e. The maximum atomic E-state index is 5.96. The van der Waals surface area contributed by atoms with Crippen molar-refractivity contribution in [2.75, 3.05) is 20.0 Å². The van der Waals surface area contributed by atoms with Gasteiger partial charge in [0.15, 0.2) is 5.82 Å². The quantitative estimate of drug-likeness (QED) is 0.740. The van der Waals surface area contributed by atoms with Gasteiger partial charge in [0.25, 0.3) is 0 Å². The van der Waals surface area contributed by atoms with E-state index in [9.17, 15) is 0 Å². The number of para-hydroxylation sites is 2. The number of hydrogen-bond donors (Lipinski definition) is 1. The molecule has 0 aliphatic heterocycles. The van der Waals surface area contributed by atoms with Gasteiger partial charge in [-0.05, 0) is 40.8 Å². The highest BCUT2D eigenvalue weighted by Gasteiger charge is 2.15. The molecule has 0 saturated heterocycles. The molecule has 0 aliphatic carbocycles. The van der Waals surface area contributed by atoms with Gasteiger partial charge in [-0.15, -0.1) is 5.10 Å². The second-order valence-electron chi connectivity index (χ2n) is 4.54. The van der Waals surface area contributed by atoms with Crippen molar-refractivity contribution in [2.45, 2.75) is 0 Å². The Hall–Kier alpha value is -3.09. The van der Waals surface area contributed by atoms with Crippen LogP contribution in [0, 0.1) is 0 Å². The Labute approximate surface area is 127 Å². The van der Waals surface area contributed by atoms with Crippen molar-refractivity contribution in [3.8, 4) is 28.6 Å². The largest absolute Gasteiger partial charge is 0.495 e. The van der Waals surface area contributed by atoms with Crippen molar-refractivity contribution in [1.82, 2.24) is 20.2 Å². The minimum atomic E-state index is 0.523. The topological polar surface area (TPSA) is 88.1 Å². The number of anilines is 1. The van der Waals surface area contributed by atoms with Crippen LogP contribution in [0.1, 0.15) is 0 Å². The minimum absolute atomic E-state index is 0.523. The molecule has 0 amide bonds. The summed E-state index contributed by atoms with van der Waals surface area (Å²) >= 11 is 0. The van der Waals surface area contributed by atoms with Crippen molar-refractivity contribution in [1.29, 1.82) is 0 Å². The third-order valence-corrected chi connectivity index (χ3v) is 3.27. The van der Waals surface area contributed by atoms with Crippen LogP contribution in [0.4, 0.5) is 5.69 Å². The van der Waals surface area contributed by atoms with Crippen LogP contribution in [0.25, 0.3) is 17.1 Å². The summed E-state index contributed by atoms with van der Waals surface area (Å²) in [5.74, 6) is 1.86. The van der Waals surface area contributed by atoms with E-state index >= 15 is 0 Å². The van der Waals surface area contributed by atoms with Crippen molar-refractivity contribution in [3.05, 3.63) is 42.5 Å². The van der Waals surface area contributed by atoms with Crippen LogP contribution >= 0.6 is 0 Å². The number of nitrogen functional groups attached to an aromatic ring is 1. The molecule has 0 atom stereocenters. The van der Waals surface area contributed by atoms with E-state index in [1.807, 2.05) is 30.3 Å². The molecule has 0 fully saturated rings. The number of nitrogens with two attached hydrogens (primary N) is 1. The number of rotatable bonds is 4. The fourth-order valence-corrected chi connectivity index (χ4v) is 2.21. The number of methoxy groups -OCH3 is 2. The number of ether oxygens (including phenoxy) is 2. The fourth-order valence-electron chi connectivity index (χ4n) is 2.21. The number of nitrogens with zero attached hydrogens (tertiary/aromatic N) is 4. The van der Waals surface area contributed by atoms with Gasteiger partial charge in [-0.2, -0.15) is 4.68 Å². The lowest BCUT2D eigenvalue weighted by Crippen LogP contribution is -2.03. The highest BCUT2D eigenvalue weighted by molar-refractivity contribution is 5.67. The molecule has 112 valence electrons. The van der Waals surface area contributed by atoms with Gasteiger partial charge in [-0.1, -0.05) is 12.1 Å². The molecule has 3 rings (SSSR count). The zero-order valence-electron chi connectivity index (χ0n) is 12.2. The van der Waals surface area contributed by atoms with Gasteiger partial charge in [0.2, 0.25) is 0 Å². The molecule has 0 aliphatic rings. The Kier molecular flexibility index (Phi) is 3.61. The minimum Gasteiger partial charge on any atom is -0.495 e. The summed E-state index contributed by atoms with van der Waals surface area (Å²) in [6, 6.07) is 12.9. The van der Waals surface area contributed by atoms with Crippen LogP contribution < -0.4 is 15.2 Å². The highest BCUT2D eigenvalue weighted by atomic mass is 16.5. The summed E-state index contributed by atoms with van der Waals surface area (Å²) in [7, 11) is 3.18. The highest BCUT2D eigenvalue weighted by Crippen LogP contribution is 2.30. The Morgan fingerprint density at radius 3 is 2.50 bits per heavy atom. The molecule has 0 spiro atoms. The van der Waals surface area contributed by atoms with E-state index in [0.29, 0.717) is 23.0 Å². The third kappa shape index (κ3) is 2.32. The van der Waals surface area contributed by atoms with Crippen molar-refractivity contribution in [3.63, 3.8) is 0 Å². The lowest BCUT2D eigenvalue weighted by atomic mass is 10.1. The lowest BCUT2D eigenvalue weighted by molar-refractivity contribution is 0.411.